The normalized spacial score (nSPS) is 16.0. The average Bonchev–Trinajstić information content (AvgIpc) is 3.08. The maximum atomic E-state index is 12.8. The molecule has 1 aromatic carbocycles. The van der Waals surface area contributed by atoms with Gasteiger partial charge in [-0.25, -0.2) is 4.98 Å². The van der Waals surface area contributed by atoms with Crippen LogP contribution < -0.4 is 9.04 Å². The van der Waals surface area contributed by atoms with Crippen LogP contribution >= 0.6 is 11.6 Å². The molecule has 2 heterocycles. The first-order valence-corrected chi connectivity index (χ1v) is 12.6. The predicted molar refractivity (Wildman–Crippen MR) is 127 cm³/mol. The van der Waals surface area contributed by atoms with Crippen molar-refractivity contribution < 1.29 is 18.0 Å². The molecule has 0 amide bonds. The number of benzene rings is 1. The molecule has 8 nitrogen and oxygen atoms in total. The molecule has 3 rings (SSSR count). The zero-order valence-corrected chi connectivity index (χ0v) is 19.8. The monoisotopic (exact) mass is 480 g/mol. The fourth-order valence-corrected chi connectivity index (χ4v) is 5.18. The van der Waals surface area contributed by atoms with Crippen molar-refractivity contribution in [2.24, 2.45) is 5.16 Å². The van der Waals surface area contributed by atoms with Crippen molar-refractivity contribution in [1.82, 2.24) is 9.29 Å². The number of hydrogen-bond acceptors (Lipinski definition) is 6. The van der Waals surface area contributed by atoms with Gasteiger partial charge in [-0.05, 0) is 61.7 Å². The summed E-state index contributed by atoms with van der Waals surface area (Å²) in [4.78, 5) is 8.86. The van der Waals surface area contributed by atoms with Gasteiger partial charge in [0, 0.05) is 25.8 Å². The van der Waals surface area contributed by atoms with Crippen LogP contribution in [0.2, 0.25) is 5.15 Å². The molecule has 32 heavy (non-hydrogen) atoms. The van der Waals surface area contributed by atoms with E-state index in [4.69, 9.17) is 21.2 Å². The van der Waals surface area contributed by atoms with E-state index in [9.17, 15) is 8.42 Å². The number of oxime groups is 1. The molecule has 0 atom stereocenters. The van der Waals surface area contributed by atoms with Gasteiger partial charge in [0.05, 0.1) is 18.5 Å². The Kier molecular flexibility index (Phi) is 9.13. The number of nitrogens with zero attached hydrogens (tertiary/aromatic N) is 4. The second kappa shape index (κ2) is 12.0. The van der Waals surface area contributed by atoms with Gasteiger partial charge >= 0.3 is 10.2 Å². The van der Waals surface area contributed by atoms with Crippen LogP contribution in [0, 0.1) is 0 Å². The molecule has 1 saturated heterocycles. The van der Waals surface area contributed by atoms with E-state index in [1.165, 1.54) is 14.8 Å². The van der Waals surface area contributed by atoms with E-state index in [2.05, 4.69) is 10.1 Å². The van der Waals surface area contributed by atoms with Crippen molar-refractivity contribution in [3.8, 4) is 5.75 Å². The van der Waals surface area contributed by atoms with Gasteiger partial charge in [-0.2, -0.15) is 12.7 Å². The zero-order chi connectivity index (χ0) is 22.8. The van der Waals surface area contributed by atoms with Gasteiger partial charge in [0.1, 0.15) is 17.5 Å². The lowest BCUT2D eigenvalue weighted by Gasteiger charge is -2.20. The molecule has 0 N–H and O–H groups in total. The molecule has 1 fully saturated rings. The number of pyridine rings is 1. The molecular weight excluding hydrogens is 452 g/mol. The predicted octanol–water partition coefficient (Wildman–Crippen LogP) is 4.11. The van der Waals surface area contributed by atoms with Gasteiger partial charge in [0.15, 0.2) is 0 Å². The molecule has 0 bridgehead atoms. The summed E-state index contributed by atoms with van der Waals surface area (Å²) < 4.78 is 34.3. The number of anilines is 1. The fraction of sp³-hybridized carbons (Fsp3) is 0.455. The Morgan fingerprint density at radius 1 is 1.12 bits per heavy atom. The smallest absolute Gasteiger partial charge is 0.304 e. The first-order valence-electron chi connectivity index (χ1n) is 10.8. The molecule has 0 radical (unpaired) electrons. The summed E-state index contributed by atoms with van der Waals surface area (Å²) >= 11 is 5.90. The molecule has 174 valence electrons. The highest BCUT2D eigenvalue weighted by molar-refractivity contribution is 7.90. The summed E-state index contributed by atoms with van der Waals surface area (Å²) in [6, 6.07) is 10.9. The summed E-state index contributed by atoms with van der Waals surface area (Å²) in [5.74, 6) is 0.818. The standard InChI is InChI=1S/C22H29ClN4O4S/c1-2-31-25-18-19-7-9-21(10-8-19)30-16-6-4-3-5-13-26-14-15-27(32(26,28)29)20-11-12-24-22(23)17-20/h7-12,17-18H,2-6,13-16H2,1H3/b25-18+. The van der Waals surface area contributed by atoms with Gasteiger partial charge in [0.25, 0.3) is 0 Å². The average molecular weight is 481 g/mol. The number of ether oxygens (including phenoxy) is 1. The second-order valence-electron chi connectivity index (χ2n) is 7.30. The molecule has 0 saturated carbocycles. The van der Waals surface area contributed by atoms with Crippen LogP contribution in [0.3, 0.4) is 0 Å². The molecule has 0 unspecified atom stereocenters. The minimum Gasteiger partial charge on any atom is -0.494 e. The third kappa shape index (κ3) is 6.82. The maximum absolute atomic E-state index is 12.8. The van der Waals surface area contributed by atoms with Gasteiger partial charge in [-0.15, -0.1) is 0 Å². The Balaban J connectivity index is 1.32. The summed E-state index contributed by atoms with van der Waals surface area (Å²) in [6.07, 6.45) is 6.85. The summed E-state index contributed by atoms with van der Waals surface area (Å²) in [5, 5.41) is 4.12. The molecule has 0 spiro atoms. The zero-order valence-electron chi connectivity index (χ0n) is 18.2. The van der Waals surface area contributed by atoms with Gasteiger partial charge in [-0.3, -0.25) is 4.31 Å². The van der Waals surface area contributed by atoms with Crippen molar-refractivity contribution >= 4 is 33.7 Å². The molecule has 0 aliphatic carbocycles. The van der Waals surface area contributed by atoms with E-state index in [0.29, 0.717) is 38.5 Å². The molecule has 10 heteroatoms. The number of hydrogen-bond donors (Lipinski definition) is 0. The van der Waals surface area contributed by atoms with Crippen molar-refractivity contribution in [3.05, 3.63) is 53.3 Å². The third-order valence-electron chi connectivity index (χ3n) is 5.01. The van der Waals surface area contributed by atoms with Crippen LogP contribution in [0.15, 0.2) is 47.8 Å². The highest BCUT2D eigenvalue weighted by atomic mass is 35.5. The molecule has 1 aromatic heterocycles. The molecule has 1 aliphatic rings. The van der Waals surface area contributed by atoms with Crippen LogP contribution in [-0.2, 0) is 15.0 Å². The third-order valence-corrected chi connectivity index (χ3v) is 7.19. The van der Waals surface area contributed by atoms with Gasteiger partial charge in [0.2, 0.25) is 0 Å². The van der Waals surface area contributed by atoms with E-state index in [0.717, 1.165) is 37.0 Å². The highest BCUT2D eigenvalue weighted by Crippen LogP contribution is 2.26. The summed E-state index contributed by atoms with van der Waals surface area (Å²) in [6.45, 7) is 4.49. The second-order valence-corrected chi connectivity index (χ2v) is 9.54. The lowest BCUT2D eigenvalue weighted by atomic mass is 10.2. The first-order chi connectivity index (χ1) is 15.5. The summed E-state index contributed by atoms with van der Waals surface area (Å²) in [5.41, 5.74) is 1.51. The molecular formula is C22H29ClN4O4S. The Bertz CT molecular complexity index is 986. The topological polar surface area (TPSA) is 84.3 Å². The van der Waals surface area contributed by atoms with E-state index in [-0.39, 0.29) is 5.15 Å². The van der Waals surface area contributed by atoms with Gasteiger partial charge in [-0.1, -0.05) is 29.6 Å². The van der Waals surface area contributed by atoms with Crippen LogP contribution in [-0.4, -0.2) is 56.8 Å². The minimum atomic E-state index is -3.50. The quantitative estimate of drug-likeness (QED) is 0.197. The number of rotatable bonds is 12. The Labute approximate surface area is 195 Å². The van der Waals surface area contributed by atoms with Crippen LogP contribution in [0.1, 0.15) is 38.2 Å². The molecule has 1 aliphatic heterocycles. The Morgan fingerprint density at radius 2 is 1.91 bits per heavy atom. The van der Waals surface area contributed by atoms with Crippen LogP contribution in [0.5, 0.6) is 5.75 Å². The summed E-state index contributed by atoms with van der Waals surface area (Å²) in [7, 11) is -3.50. The number of unbranched alkanes of at least 4 members (excludes halogenated alkanes) is 3. The van der Waals surface area contributed by atoms with Crippen molar-refractivity contribution in [2.75, 3.05) is 37.2 Å². The minimum absolute atomic E-state index is 0.282. The number of aromatic nitrogens is 1. The SMILES string of the molecule is CCO/N=C/c1ccc(OCCCCCCN2CCN(c3ccnc(Cl)c3)S2(=O)=O)cc1. The van der Waals surface area contributed by atoms with Crippen molar-refractivity contribution in [1.29, 1.82) is 0 Å². The van der Waals surface area contributed by atoms with E-state index in [1.54, 1.807) is 18.3 Å². The molecule has 2 aromatic rings. The first kappa shape index (κ1) is 24.3. The number of halogens is 1. The van der Waals surface area contributed by atoms with E-state index in [1.807, 2.05) is 31.2 Å². The largest absolute Gasteiger partial charge is 0.494 e. The Morgan fingerprint density at radius 3 is 2.66 bits per heavy atom. The lowest BCUT2D eigenvalue weighted by Crippen LogP contribution is -2.33. The van der Waals surface area contributed by atoms with Crippen molar-refractivity contribution in [2.45, 2.75) is 32.6 Å². The fourth-order valence-electron chi connectivity index (χ4n) is 3.37. The van der Waals surface area contributed by atoms with Crippen molar-refractivity contribution in [3.63, 3.8) is 0 Å². The van der Waals surface area contributed by atoms with E-state index < -0.39 is 10.2 Å². The van der Waals surface area contributed by atoms with Crippen LogP contribution in [0.25, 0.3) is 0 Å². The lowest BCUT2D eigenvalue weighted by molar-refractivity contribution is 0.160. The highest BCUT2D eigenvalue weighted by Gasteiger charge is 2.36. The van der Waals surface area contributed by atoms with E-state index >= 15 is 0 Å². The Hall–Kier alpha value is -2.36. The van der Waals surface area contributed by atoms with Crippen LogP contribution in [0.4, 0.5) is 5.69 Å². The van der Waals surface area contributed by atoms with Gasteiger partial charge < -0.3 is 9.57 Å². The maximum Gasteiger partial charge on any atom is 0.304 e.